The van der Waals surface area contributed by atoms with Crippen molar-refractivity contribution in [3.63, 3.8) is 0 Å². The van der Waals surface area contributed by atoms with Crippen LogP contribution >= 0.6 is 11.6 Å². The number of nitrogens with zero attached hydrogens (tertiary/aromatic N) is 6. The molecule has 4 heterocycles. The first kappa shape index (κ1) is 14.8. The minimum Gasteiger partial charge on any atom is -0.370 e. The van der Waals surface area contributed by atoms with E-state index in [1.54, 1.807) is 17.2 Å². The molecule has 5 rings (SSSR count). The normalized spacial score (nSPS) is 17.8. The molecule has 0 aliphatic carbocycles. The van der Waals surface area contributed by atoms with Crippen molar-refractivity contribution < 1.29 is 4.74 Å². The van der Waals surface area contributed by atoms with Gasteiger partial charge in [0.2, 0.25) is 0 Å². The molecule has 1 atom stereocenters. The van der Waals surface area contributed by atoms with Gasteiger partial charge < -0.3 is 4.74 Å². The number of fused-ring (bicyclic) bond motifs is 3. The van der Waals surface area contributed by atoms with Gasteiger partial charge >= 0.3 is 0 Å². The Morgan fingerprint density at radius 2 is 2.16 bits per heavy atom. The van der Waals surface area contributed by atoms with E-state index in [0.717, 1.165) is 53.2 Å². The van der Waals surface area contributed by atoms with E-state index in [2.05, 4.69) is 20.3 Å². The maximum absolute atomic E-state index is 6.25. The largest absolute Gasteiger partial charge is 0.370 e. The summed E-state index contributed by atoms with van der Waals surface area (Å²) in [6, 6.07) is 5.83. The van der Waals surface area contributed by atoms with Gasteiger partial charge in [-0.3, -0.25) is 4.40 Å². The maximum atomic E-state index is 6.25. The van der Waals surface area contributed by atoms with Crippen LogP contribution in [-0.2, 0) is 4.74 Å². The van der Waals surface area contributed by atoms with Crippen molar-refractivity contribution in [1.82, 2.24) is 29.4 Å². The monoisotopic (exact) mass is 354 g/mol. The number of benzene rings is 1. The van der Waals surface area contributed by atoms with Gasteiger partial charge in [-0.2, -0.15) is 5.10 Å². The number of ether oxygens (including phenoxy) is 1. The Hall–Kier alpha value is -2.51. The van der Waals surface area contributed by atoms with Crippen LogP contribution in [0.2, 0.25) is 5.02 Å². The summed E-state index contributed by atoms with van der Waals surface area (Å²) < 4.78 is 9.39. The molecule has 1 aliphatic rings. The van der Waals surface area contributed by atoms with Gasteiger partial charge in [-0.25, -0.2) is 9.67 Å². The molecule has 1 saturated heterocycles. The average Bonchev–Trinajstić information content (AvgIpc) is 3.34. The highest BCUT2D eigenvalue weighted by atomic mass is 35.5. The summed E-state index contributed by atoms with van der Waals surface area (Å²) in [5.74, 6) is 0.799. The Labute approximate surface area is 148 Å². The lowest BCUT2D eigenvalue weighted by Crippen LogP contribution is -2.04. The van der Waals surface area contributed by atoms with Crippen LogP contribution in [0.1, 0.15) is 30.3 Å². The summed E-state index contributed by atoms with van der Waals surface area (Å²) in [6.07, 6.45) is 5.49. The van der Waals surface area contributed by atoms with Crippen LogP contribution in [0.25, 0.3) is 22.4 Å². The second-order valence-corrected chi connectivity index (χ2v) is 6.63. The fraction of sp³-hybridized carbons (Fsp3) is 0.294. The lowest BCUT2D eigenvalue weighted by atomic mass is 10.2. The minimum atomic E-state index is -0.0137. The maximum Gasteiger partial charge on any atom is 0.174 e. The molecule has 1 unspecified atom stereocenters. The van der Waals surface area contributed by atoms with Gasteiger partial charge in [0.25, 0.3) is 0 Å². The van der Waals surface area contributed by atoms with Crippen molar-refractivity contribution in [3.05, 3.63) is 47.1 Å². The Bertz CT molecular complexity index is 1100. The molecule has 0 bridgehead atoms. The van der Waals surface area contributed by atoms with Gasteiger partial charge in [-0.15, -0.1) is 10.2 Å². The van der Waals surface area contributed by atoms with E-state index in [1.165, 1.54) is 0 Å². The molecular weight excluding hydrogens is 340 g/mol. The van der Waals surface area contributed by atoms with Gasteiger partial charge in [0.15, 0.2) is 17.1 Å². The fourth-order valence-corrected chi connectivity index (χ4v) is 3.42. The number of aryl methyl sites for hydroxylation is 1. The van der Waals surface area contributed by atoms with Crippen LogP contribution < -0.4 is 0 Å². The molecule has 0 N–H and O–H groups in total. The number of rotatable bonds is 2. The van der Waals surface area contributed by atoms with Crippen LogP contribution in [-0.4, -0.2) is 36.0 Å². The quantitative estimate of drug-likeness (QED) is 0.552. The highest BCUT2D eigenvalue weighted by Crippen LogP contribution is 2.29. The molecular formula is C17H15ClN6O. The molecule has 1 aromatic carbocycles. The van der Waals surface area contributed by atoms with E-state index >= 15 is 0 Å². The van der Waals surface area contributed by atoms with Gasteiger partial charge in [0.1, 0.15) is 12.4 Å². The van der Waals surface area contributed by atoms with Gasteiger partial charge in [0.05, 0.1) is 17.3 Å². The molecule has 4 aromatic rings. The topological polar surface area (TPSA) is 70.1 Å². The summed E-state index contributed by atoms with van der Waals surface area (Å²) in [5, 5.41) is 14.7. The van der Waals surface area contributed by atoms with Gasteiger partial charge in [-0.1, -0.05) is 17.7 Å². The molecule has 0 saturated carbocycles. The molecule has 0 radical (unpaired) electrons. The zero-order valence-electron chi connectivity index (χ0n) is 13.6. The number of aromatic nitrogens is 6. The Kier molecular flexibility index (Phi) is 3.26. The third-order valence-corrected chi connectivity index (χ3v) is 5.03. The van der Waals surface area contributed by atoms with Crippen molar-refractivity contribution in [1.29, 1.82) is 0 Å². The van der Waals surface area contributed by atoms with Crippen LogP contribution in [0.3, 0.4) is 0 Å². The van der Waals surface area contributed by atoms with Crippen LogP contribution in [0.5, 0.6) is 0 Å². The molecule has 25 heavy (non-hydrogen) atoms. The van der Waals surface area contributed by atoms with Crippen LogP contribution in [0.15, 0.2) is 30.7 Å². The average molecular weight is 355 g/mol. The third kappa shape index (κ3) is 2.23. The number of halogens is 1. The zero-order chi connectivity index (χ0) is 17.0. The van der Waals surface area contributed by atoms with E-state index in [0.29, 0.717) is 5.02 Å². The first-order valence-corrected chi connectivity index (χ1v) is 8.55. The molecule has 3 aromatic heterocycles. The highest BCUT2D eigenvalue weighted by Gasteiger charge is 2.24. The first-order chi connectivity index (χ1) is 12.2. The Morgan fingerprint density at radius 1 is 1.24 bits per heavy atom. The zero-order valence-corrected chi connectivity index (χ0v) is 14.3. The predicted octanol–water partition coefficient (Wildman–Crippen LogP) is 3.28. The van der Waals surface area contributed by atoms with Crippen molar-refractivity contribution >= 4 is 28.3 Å². The molecule has 0 spiro atoms. The standard InChI is InChI=1S/C17H15ClN6O/c1-10-4-5-11(7-13(10)18)24-15-12(8-20-24)16-21-22-17(23(16)9-19-15)14-3-2-6-25-14/h4-5,7-9,14H,2-3,6H2,1H3. The van der Waals surface area contributed by atoms with Crippen LogP contribution in [0.4, 0.5) is 0 Å². The molecule has 7 nitrogen and oxygen atoms in total. The lowest BCUT2D eigenvalue weighted by Gasteiger charge is -2.07. The molecule has 8 heteroatoms. The minimum absolute atomic E-state index is 0.0137. The van der Waals surface area contributed by atoms with E-state index < -0.39 is 0 Å². The van der Waals surface area contributed by atoms with Crippen molar-refractivity contribution in [2.45, 2.75) is 25.9 Å². The van der Waals surface area contributed by atoms with Crippen molar-refractivity contribution in [2.24, 2.45) is 0 Å². The lowest BCUT2D eigenvalue weighted by molar-refractivity contribution is 0.104. The van der Waals surface area contributed by atoms with Gasteiger partial charge in [0, 0.05) is 11.6 Å². The smallest absolute Gasteiger partial charge is 0.174 e. The third-order valence-electron chi connectivity index (χ3n) is 4.62. The highest BCUT2D eigenvalue weighted by molar-refractivity contribution is 6.31. The second-order valence-electron chi connectivity index (χ2n) is 6.23. The van der Waals surface area contributed by atoms with Gasteiger partial charge in [-0.05, 0) is 37.5 Å². The summed E-state index contributed by atoms with van der Waals surface area (Å²) >= 11 is 6.25. The Balaban J connectivity index is 1.68. The van der Waals surface area contributed by atoms with E-state index in [4.69, 9.17) is 16.3 Å². The molecule has 1 fully saturated rings. The van der Waals surface area contributed by atoms with Crippen LogP contribution in [0, 0.1) is 6.92 Å². The second kappa shape index (κ2) is 5.50. The first-order valence-electron chi connectivity index (χ1n) is 8.18. The molecule has 126 valence electrons. The number of hydrogen-bond acceptors (Lipinski definition) is 5. The Morgan fingerprint density at radius 3 is 2.96 bits per heavy atom. The predicted molar refractivity (Wildman–Crippen MR) is 93.1 cm³/mol. The summed E-state index contributed by atoms with van der Waals surface area (Å²) in [5.41, 5.74) is 3.34. The summed E-state index contributed by atoms with van der Waals surface area (Å²) in [4.78, 5) is 4.59. The fourth-order valence-electron chi connectivity index (χ4n) is 3.24. The van der Waals surface area contributed by atoms with Crippen molar-refractivity contribution in [2.75, 3.05) is 6.61 Å². The van der Waals surface area contributed by atoms with Crippen molar-refractivity contribution in [3.8, 4) is 5.69 Å². The van der Waals surface area contributed by atoms with E-state index in [1.807, 2.05) is 29.5 Å². The molecule has 0 amide bonds. The molecule has 1 aliphatic heterocycles. The summed E-state index contributed by atoms with van der Waals surface area (Å²) in [7, 11) is 0. The summed E-state index contributed by atoms with van der Waals surface area (Å²) in [6.45, 7) is 2.74. The SMILES string of the molecule is Cc1ccc(-n2ncc3c2ncn2c(C4CCCO4)nnc32)cc1Cl. The van der Waals surface area contributed by atoms with E-state index in [9.17, 15) is 0 Å². The van der Waals surface area contributed by atoms with E-state index in [-0.39, 0.29) is 6.10 Å². The number of hydrogen-bond donors (Lipinski definition) is 0.